The minimum atomic E-state index is 0.325. The van der Waals surface area contributed by atoms with Gasteiger partial charge in [-0.2, -0.15) is 0 Å². The van der Waals surface area contributed by atoms with Gasteiger partial charge in [0.1, 0.15) is 6.29 Å². The van der Waals surface area contributed by atoms with Crippen LogP contribution in [-0.2, 0) is 4.79 Å². The van der Waals surface area contributed by atoms with E-state index in [1.54, 1.807) is 0 Å². The van der Waals surface area contributed by atoms with Gasteiger partial charge in [0.25, 0.3) is 0 Å². The van der Waals surface area contributed by atoms with Crippen LogP contribution >= 0.6 is 0 Å². The standard InChI is InChI=1S/C8H15NO/c1-7-5-8(6-10)3-4-9(7)2/h6-8H,3-5H2,1-2H3/t7-,8+/m0/s1. The van der Waals surface area contributed by atoms with E-state index in [9.17, 15) is 4.79 Å². The molecule has 2 atom stereocenters. The van der Waals surface area contributed by atoms with Crippen molar-refractivity contribution in [2.75, 3.05) is 13.6 Å². The molecule has 10 heavy (non-hydrogen) atoms. The van der Waals surface area contributed by atoms with Gasteiger partial charge in [-0.05, 0) is 33.4 Å². The lowest BCUT2D eigenvalue weighted by atomic mass is 9.93. The molecule has 2 heteroatoms. The smallest absolute Gasteiger partial charge is 0.123 e. The van der Waals surface area contributed by atoms with Gasteiger partial charge in [-0.1, -0.05) is 0 Å². The van der Waals surface area contributed by atoms with Crippen molar-refractivity contribution >= 4 is 6.29 Å². The molecule has 0 aromatic carbocycles. The molecule has 0 bridgehead atoms. The molecule has 0 aromatic rings. The van der Waals surface area contributed by atoms with E-state index in [-0.39, 0.29) is 0 Å². The van der Waals surface area contributed by atoms with Gasteiger partial charge in [0.05, 0.1) is 0 Å². The third kappa shape index (κ3) is 1.57. The molecule has 1 aliphatic heterocycles. The molecule has 58 valence electrons. The zero-order chi connectivity index (χ0) is 7.56. The summed E-state index contributed by atoms with van der Waals surface area (Å²) in [5.74, 6) is 0.325. The first-order valence-electron chi connectivity index (χ1n) is 3.89. The summed E-state index contributed by atoms with van der Waals surface area (Å²) in [5, 5.41) is 0. The summed E-state index contributed by atoms with van der Waals surface area (Å²) >= 11 is 0. The Labute approximate surface area is 62.2 Å². The first kappa shape index (κ1) is 7.73. The van der Waals surface area contributed by atoms with Crippen LogP contribution in [0.15, 0.2) is 0 Å². The zero-order valence-electron chi connectivity index (χ0n) is 6.71. The van der Waals surface area contributed by atoms with Crippen molar-refractivity contribution < 1.29 is 4.79 Å². The van der Waals surface area contributed by atoms with E-state index in [0.29, 0.717) is 12.0 Å². The summed E-state index contributed by atoms with van der Waals surface area (Å²) in [7, 11) is 2.12. The summed E-state index contributed by atoms with van der Waals surface area (Å²) in [6.45, 7) is 3.25. The highest BCUT2D eigenvalue weighted by Crippen LogP contribution is 2.18. The van der Waals surface area contributed by atoms with Gasteiger partial charge in [0, 0.05) is 12.0 Å². The number of carbonyl (C=O) groups is 1. The zero-order valence-corrected chi connectivity index (χ0v) is 6.71. The van der Waals surface area contributed by atoms with Crippen molar-refractivity contribution in [3.63, 3.8) is 0 Å². The number of likely N-dealkylation sites (tertiary alicyclic amines) is 1. The Kier molecular flexibility index (Phi) is 2.44. The fourth-order valence-electron chi connectivity index (χ4n) is 1.45. The Morgan fingerprint density at radius 1 is 1.60 bits per heavy atom. The maximum Gasteiger partial charge on any atom is 0.123 e. The third-order valence-corrected chi connectivity index (χ3v) is 2.44. The Morgan fingerprint density at radius 2 is 2.30 bits per heavy atom. The fourth-order valence-corrected chi connectivity index (χ4v) is 1.45. The molecule has 1 rings (SSSR count). The largest absolute Gasteiger partial charge is 0.304 e. The Hall–Kier alpha value is -0.370. The summed E-state index contributed by atoms with van der Waals surface area (Å²) in [5.41, 5.74) is 0. The topological polar surface area (TPSA) is 20.3 Å². The molecule has 0 aliphatic carbocycles. The van der Waals surface area contributed by atoms with Gasteiger partial charge in [-0.3, -0.25) is 0 Å². The summed E-state index contributed by atoms with van der Waals surface area (Å²) < 4.78 is 0. The van der Waals surface area contributed by atoms with Crippen LogP contribution in [-0.4, -0.2) is 30.8 Å². The molecule has 1 aliphatic rings. The molecule has 0 amide bonds. The van der Waals surface area contributed by atoms with Gasteiger partial charge in [-0.25, -0.2) is 0 Å². The van der Waals surface area contributed by atoms with Gasteiger partial charge in [0.2, 0.25) is 0 Å². The number of aldehydes is 1. The number of rotatable bonds is 1. The first-order valence-corrected chi connectivity index (χ1v) is 3.89. The van der Waals surface area contributed by atoms with Crippen molar-refractivity contribution in [3.8, 4) is 0 Å². The highest BCUT2D eigenvalue weighted by Gasteiger charge is 2.21. The number of hydrogen-bond donors (Lipinski definition) is 0. The molecule has 1 fully saturated rings. The highest BCUT2D eigenvalue weighted by atomic mass is 16.1. The Bertz CT molecular complexity index is 124. The molecule has 1 saturated heterocycles. The van der Waals surface area contributed by atoms with Crippen LogP contribution in [0.25, 0.3) is 0 Å². The number of nitrogens with zero attached hydrogens (tertiary/aromatic N) is 1. The van der Waals surface area contributed by atoms with Crippen LogP contribution in [0.2, 0.25) is 0 Å². The van der Waals surface area contributed by atoms with E-state index in [1.807, 2.05) is 0 Å². The molecule has 0 aromatic heterocycles. The lowest BCUT2D eigenvalue weighted by molar-refractivity contribution is -0.112. The fraction of sp³-hybridized carbons (Fsp3) is 0.875. The molecule has 0 saturated carbocycles. The van der Waals surface area contributed by atoms with Crippen molar-refractivity contribution in [2.45, 2.75) is 25.8 Å². The molecule has 0 unspecified atom stereocenters. The summed E-state index contributed by atoms with van der Waals surface area (Å²) in [6.07, 6.45) is 3.19. The maximum atomic E-state index is 10.4. The van der Waals surface area contributed by atoms with E-state index in [1.165, 1.54) is 0 Å². The van der Waals surface area contributed by atoms with E-state index < -0.39 is 0 Å². The number of piperidine rings is 1. The van der Waals surface area contributed by atoms with Crippen LogP contribution in [0.1, 0.15) is 19.8 Å². The van der Waals surface area contributed by atoms with Gasteiger partial charge >= 0.3 is 0 Å². The monoisotopic (exact) mass is 141 g/mol. The van der Waals surface area contributed by atoms with E-state index in [4.69, 9.17) is 0 Å². The van der Waals surface area contributed by atoms with Gasteiger partial charge in [-0.15, -0.1) is 0 Å². The second-order valence-corrected chi connectivity index (χ2v) is 3.25. The molecule has 0 radical (unpaired) electrons. The second kappa shape index (κ2) is 3.15. The van der Waals surface area contributed by atoms with Crippen LogP contribution in [0, 0.1) is 5.92 Å². The van der Waals surface area contributed by atoms with Crippen molar-refractivity contribution in [2.24, 2.45) is 5.92 Å². The summed E-state index contributed by atoms with van der Waals surface area (Å²) in [4.78, 5) is 12.7. The quantitative estimate of drug-likeness (QED) is 0.506. The second-order valence-electron chi connectivity index (χ2n) is 3.25. The van der Waals surface area contributed by atoms with Crippen molar-refractivity contribution in [1.82, 2.24) is 4.90 Å². The van der Waals surface area contributed by atoms with E-state index >= 15 is 0 Å². The van der Waals surface area contributed by atoms with Crippen LogP contribution in [0.4, 0.5) is 0 Å². The highest BCUT2D eigenvalue weighted by molar-refractivity contribution is 5.53. The number of carbonyl (C=O) groups excluding carboxylic acids is 1. The van der Waals surface area contributed by atoms with Crippen LogP contribution in [0.5, 0.6) is 0 Å². The van der Waals surface area contributed by atoms with Crippen LogP contribution in [0.3, 0.4) is 0 Å². The van der Waals surface area contributed by atoms with Crippen LogP contribution < -0.4 is 0 Å². The Balaban J connectivity index is 2.40. The molecule has 2 nitrogen and oxygen atoms in total. The Morgan fingerprint density at radius 3 is 2.80 bits per heavy atom. The normalized spacial score (nSPS) is 35.8. The lowest BCUT2D eigenvalue weighted by Crippen LogP contribution is -2.38. The summed E-state index contributed by atoms with van der Waals surface area (Å²) in [6, 6.07) is 0.587. The van der Waals surface area contributed by atoms with Crippen molar-refractivity contribution in [3.05, 3.63) is 0 Å². The van der Waals surface area contributed by atoms with E-state index in [0.717, 1.165) is 25.7 Å². The van der Waals surface area contributed by atoms with E-state index in [2.05, 4.69) is 18.9 Å². The third-order valence-electron chi connectivity index (χ3n) is 2.44. The molecule has 0 spiro atoms. The number of hydrogen-bond acceptors (Lipinski definition) is 2. The van der Waals surface area contributed by atoms with Gasteiger partial charge < -0.3 is 9.69 Å². The molecule has 1 heterocycles. The van der Waals surface area contributed by atoms with Crippen molar-refractivity contribution in [1.29, 1.82) is 0 Å². The molecule has 0 N–H and O–H groups in total. The molecular weight excluding hydrogens is 126 g/mol. The SMILES string of the molecule is C[C@H]1C[C@H](C=O)CCN1C. The van der Waals surface area contributed by atoms with Gasteiger partial charge in [0.15, 0.2) is 0 Å². The molecular formula is C8H15NO. The minimum absolute atomic E-state index is 0.325. The predicted octanol–water partition coefficient (Wildman–Crippen LogP) is 0.916. The lowest BCUT2D eigenvalue weighted by Gasteiger charge is -2.32. The first-order chi connectivity index (χ1) is 4.74. The predicted molar refractivity (Wildman–Crippen MR) is 40.9 cm³/mol. The average molecular weight is 141 g/mol. The average Bonchev–Trinajstić information content (AvgIpc) is 1.95. The maximum absolute atomic E-state index is 10.4. The minimum Gasteiger partial charge on any atom is -0.304 e.